The number of aromatic amines is 1. The molecule has 6 nitrogen and oxygen atoms in total. The summed E-state index contributed by atoms with van der Waals surface area (Å²) in [5.74, 6) is -0.455. The molecule has 104 valence electrons. The number of nitrogens with one attached hydrogen (secondary N) is 2. The molecule has 7 heteroatoms. The number of hydrogen-bond acceptors (Lipinski definition) is 5. The van der Waals surface area contributed by atoms with Gasteiger partial charge >= 0.3 is 5.97 Å². The van der Waals surface area contributed by atoms with E-state index in [1.807, 2.05) is 18.2 Å². The zero-order valence-corrected chi connectivity index (χ0v) is 12.2. The highest BCUT2D eigenvalue weighted by Gasteiger charge is 2.22. The van der Waals surface area contributed by atoms with Crippen molar-refractivity contribution in [3.63, 3.8) is 0 Å². The fourth-order valence-corrected chi connectivity index (χ4v) is 1.99. The molecule has 0 fully saturated rings. The minimum atomic E-state index is -0.721. The molecule has 2 rings (SSSR count). The highest BCUT2D eigenvalue weighted by molar-refractivity contribution is 9.10. The SMILES string of the molecule is COC(=O)C(Nc1cn[nH]c(=O)c1Br)c1ccccc1. The number of halogens is 1. The Morgan fingerprint density at radius 3 is 2.75 bits per heavy atom. The third-order valence-corrected chi connectivity index (χ3v) is 3.45. The number of H-pyrrole nitrogens is 1. The van der Waals surface area contributed by atoms with Gasteiger partial charge in [-0.15, -0.1) is 0 Å². The number of hydrogen-bond donors (Lipinski definition) is 2. The molecule has 1 aromatic heterocycles. The number of carbonyl (C=O) groups is 1. The molecular formula is C13H12BrN3O3. The second-order valence-electron chi connectivity index (χ2n) is 3.94. The average Bonchev–Trinajstić information content (AvgIpc) is 2.49. The summed E-state index contributed by atoms with van der Waals surface area (Å²) < 4.78 is 5.06. The number of aromatic nitrogens is 2. The fraction of sp³-hybridized carbons (Fsp3) is 0.154. The van der Waals surface area contributed by atoms with Gasteiger partial charge in [0.25, 0.3) is 5.56 Å². The van der Waals surface area contributed by atoms with E-state index >= 15 is 0 Å². The smallest absolute Gasteiger partial charge is 0.332 e. The van der Waals surface area contributed by atoms with Crippen molar-refractivity contribution < 1.29 is 9.53 Å². The zero-order chi connectivity index (χ0) is 14.5. The van der Waals surface area contributed by atoms with Crippen molar-refractivity contribution in [2.75, 3.05) is 12.4 Å². The van der Waals surface area contributed by atoms with Crippen LogP contribution in [-0.2, 0) is 9.53 Å². The van der Waals surface area contributed by atoms with Gasteiger partial charge in [-0.25, -0.2) is 9.89 Å². The molecule has 0 saturated heterocycles. The Morgan fingerprint density at radius 1 is 1.40 bits per heavy atom. The lowest BCUT2D eigenvalue weighted by Gasteiger charge is -2.18. The Labute approximate surface area is 123 Å². The lowest BCUT2D eigenvalue weighted by molar-refractivity contribution is -0.141. The van der Waals surface area contributed by atoms with E-state index in [0.717, 1.165) is 5.56 Å². The maximum Gasteiger partial charge on any atom is 0.332 e. The van der Waals surface area contributed by atoms with Crippen LogP contribution in [0.25, 0.3) is 0 Å². The van der Waals surface area contributed by atoms with Crippen LogP contribution in [0.3, 0.4) is 0 Å². The summed E-state index contributed by atoms with van der Waals surface area (Å²) >= 11 is 3.15. The predicted octanol–water partition coefficient (Wildman–Crippen LogP) is 1.86. The van der Waals surface area contributed by atoms with E-state index in [1.54, 1.807) is 12.1 Å². The molecule has 0 amide bonds. The first-order valence-electron chi connectivity index (χ1n) is 5.76. The van der Waals surface area contributed by atoms with Crippen LogP contribution in [0.1, 0.15) is 11.6 Å². The maximum absolute atomic E-state index is 11.9. The molecule has 2 N–H and O–H groups in total. The quantitative estimate of drug-likeness (QED) is 0.832. The minimum Gasteiger partial charge on any atom is -0.467 e. The fourth-order valence-electron chi connectivity index (χ4n) is 1.68. The first-order chi connectivity index (χ1) is 9.63. The Bertz CT molecular complexity index is 657. The van der Waals surface area contributed by atoms with Gasteiger partial charge in [-0.2, -0.15) is 5.10 Å². The standard InChI is InChI=1S/C13H12BrN3O3/c1-20-13(19)11(8-5-3-2-4-6-8)16-9-7-15-17-12(18)10(9)14/h2-7,11H,1H3,(H2,16,17,18). The molecular weight excluding hydrogens is 326 g/mol. The lowest BCUT2D eigenvalue weighted by Crippen LogP contribution is -2.24. The largest absolute Gasteiger partial charge is 0.467 e. The number of anilines is 1. The van der Waals surface area contributed by atoms with E-state index in [0.29, 0.717) is 5.69 Å². The van der Waals surface area contributed by atoms with E-state index in [9.17, 15) is 9.59 Å². The Kier molecular flexibility index (Phi) is 4.52. The van der Waals surface area contributed by atoms with Gasteiger partial charge in [-0.05, 0) is 21.5 Å². The molecule has 0 bridgehead atoms. The van der Waals surface area contributed by atoms with Crippen LogP contribution >= 0.6 is 15.9 Å². The van der Waals surface area contributed by atoms with Gasteiger partial charge in [0.15, 0.2) is 6.04 Å². The number of methoxy groups -OCH3 is 1. The molecule has 0 radical (unpaired) electrons. The van der Waals surface area contributed by atoms with Gasteiger partial charge in [-0.1, -0.05) is 30.3 Å². The second-order valence-corrected chi connectivity index (χ2v) is 4.73. The molecule has 1 unspecified atom stereocenters. The molecule has 0 aliphatic heterocycles. The van der Waals surface area contributed by atoms with Gasteiger partial charge < -0.3 is 10.1 Å². The van der Waals surface area contributed by atoms with Crippen molar-refractivity contribution >= 4 is 27.6 Å². The summed E-state index contributed by atoms with van der Waals surface area (Å²) in [5.41, 5.74) is 0.756. The van der Waals surface area contributed by atoms with Gasteiger partial charge in [0.1, 0.15) is 4.47 Å². The van der Waals surface area contributed by atoms with Crippen molar-refractivity contribution in [2.45, 2.75) is 6.04 Å². The number of carbonyl (C=O) groups excluding carboxylic acids is 1. The van der Waals surface area contributed by atoms with Crippen molar-refractivity contribution in [1.29, 1.82) is 0 Å². The van der Waals surface area contributed by atoms with Gasteiger partial charge in [0.05, 0.1) is 19.0 Å². The highest BCUT2D eigenvalue weighted by atomic mass is 79.9. The van der Waals surface area contributed by atoms with E-state index in [4.69, 9.17) is 4.74 Å². The third kappa shape index (κ3) is 3.05. The molecule has 0 aliphatic rings. The van der Waals surface area contributed by atoms with Crippen LogP contribution < -0.4 is 10.9 Å². The normalized spacial score (nSPS) is 11.7. The first-order valence-corrected chi connectivity index (χ1v) is 6.55. The van der Waals surface area contributed by atoms with E-state index in [-0.39, 0.29) is 10.0 Å². The summed E-state index contributed by atoms with van der Waals surface area (Å²) in [6.45, 7) is 0. The van der Waals surface area contributed by atoms with Crippen molar-refractivity contribution in [1.82, 2.24) is 10.2 Å². The van der Waals surface area contributed by atoms with Crippen LogP contribution in [0, 0.1) is 0 Å². The maximum atomic E-state index is 11.9. The van der Waals surface area contributed by atoms with E-state index in [2.05, 4.69) is 31.4 Å². The van der Waals surface area contributed by atoms with Gasteiger partial charge in [-0.3, -0.25) is 4.79 Å². The number of nitrogens with zero attached hydrogens (tertiary/aromatic N) is 1. The summed E-state index contributed by atoms with van der Waals surface area (Å²) in [6, 6.07) is 8.35. The molecule has 0 spiro atoms. The Morgan fingerprint density at radius 2 is 2.10 bits per heavy atom. The third-order valence-electron chi connectivity index (χ3n) is 2.67. The molecule has 20 heavy (non-hydrogen) atoms. The van der Waals surface area contributed by atoms with Crippen molar-refractivity contribution in [2.24, 2.45) is 0 Å². The number of rotatable bonds is 4. The second kappa shape index (κ2) is 6.33. The van der Waals surface area contributed by atoms with Crippen molar-refractivity contribution in [3.05, 3.63) is 56.9 Å². The van der Waals surface area contributed by atoms with Gasteiger partial charge in [0, 0.05) is 0 Å². The lowest BCUT2D eigenvalue weighted by atomic mass is 10.1. The van der Waals surface area contributed by atoms with Crippen LogP contribution in [0.15, 0.2) is 45.8 Å². The average molecular weight is 338 g/mol. The monoisotopic (exact) mass is 337 g/mol. The van der Waals surface area contributed by atoms with Crippen molar-refractivity contribution in [3.8, 4) is 0 Å². The summed E-state index contributed by atoms with van der Waals surface area (Å²) in [7, 11) is 1.31. The number of ether oxygens (including phenoxy) is 1. The Hall–Kier alpha value is -2.15. The topological polar surface area (TPSA) is 84.1 Å². The number of esters is 1. The predicted molar refractivity (Wildman–Crippen MR) is 77.4 cm³/mol. The summed E-state index contributed by atoms with van der Waals surface area (Å²) in [4.78, 5) is 23.4. The number of benzene rings is 1. The summed E-state index contributed by atoms with van der Waals surface area (Å²) in [5, 5.41) is 8.93. The molecule has 0 saturated carbocycles. The molecule has 1 atom stereocenters. The molecule has 2 aromatic rings. The van der Waals surface area contributed by atoms with E-state index in [1.165, 1.54) is 13.3 Å². The zero-order valence-electron chi connectivity index (χ0n) is 10.6. The van der Waals surface area contributed by atoms with Crippen LogP contribution in [0.2, 0.25) is 0 Å². The van der Waals surface area contributed by atoms with Crippen LogP contribution in [-0.4, -0.2) is 23.3 Å². The molecule has 0 aliphatic carbocycles. The Balaban J connectivity index is 2.36. The van der Waals surface area contributed by atoms with Gasteiger partial charge in [0.2, 0.25) is 0 Å². The highest BCUT2D eigenvalue weighted by Crippen LogP contribution is 2.24. The van der Waals surface area contributed by atoms with E-state index < -0.39 is 12.0 Å². The first kappa shape index (κ1) is 14.3. The minimum absolute atomic E-state index is 0.275. The molecule has 1 aromatic carbocycles. The van der Waals surface area contributed by atoms with Crippen LogP contribution in [0.4, 0.5) is 5.69 Å². The van der Waals surface area contributed by atoms with Crippen LogP contribution in [0.5, 0.6) is 0 Å². The molecule has 1 heterocycles. The summed E-state index contributed by atoms with van der Waals surface area (Å²) in [6.07, 6.45) is 1.42.